The normalized spacial score (nSPS) is 18.3. The molecule has 7 nitrogen and oxygen atoms in total. The minimum atomic E-state index is -0.162. The molecule has 3 heterocycles. The molecule has 8 heteroatoms. The number of hydrogen-bond donors (Lipinski definition) is 1. The predicted molar refractivity (Wildman–Crippen MR) is 109 cm³/mol. The summed E-state index contributed by atoms with van der Waals surface area (Å²) < 4.78 is 19.4. The van der Waals surface area contributed by atoms with Crippen molar-refractivity contribution in [2.24, 2.45) is 0 Å². The van der Waals surface area contributed by atoms with E-state index in [0.29, 0.717) is 5.69 Å². The summed E-state index contributed by atoms with van der Waals surface area (Å²) in [4.78, 5) is 15.5. The van der Waals surface area contributed by atoms with E-state index in [9.17, 15) is 4.39 Å². The first-order chi connectivity index (χ1) is 13.8. The zero-order chi connectivity index (χ0) is 19.2. The van der Waals surface area contributed by atoms with Crippen LogP contribution in [-0.2, 0) is 4.74 Å². The highest BCUT2D eigenvalue weighted by atomic mass is 19.1. The van der Waals surface area contributed by atoms with Crippen LogP contribution in [0.1, 0.15) is 0 Å². The van der Waals surface area contributed by atoms with Gasteiger partial charge in [0.1, 0.15) is 23.8 Å². The quantitative estimate of drug-likeness (QED) is 0.811. The fraction of sp³-hybridized carbons (Fsp3) is 0.500. The summed E-state index contributed by atoms with van der Waals surface area (Å²) in [6.07, 6.45) is 1.61. The van der Waals surface area contributed by atoms with Crippen LogP contribution in [0.4, 0.5) is 21.7 Å². The molecule has 0 saturated carbocycles. The largest absolute Gasteiger partial charge is 0.379 e. The highest BCUT2D eigenvalue weighted by Crippen LogP contribution is 2.22. The van der Waals surface area contributed by atoms with Gasteiger partial charge in [0.05, 0.1) is 18.9 Å². The maximum Gasteiger partial charge on any atom is 0.146 e. The average Bonchev–Trinajstić information content (AvgIpc) is 2.75. The number of ether oxygens (including phenoxy) is 1. The van der Waals surface area contributed by atoms with Gasteiger partial charge in [0, 0.05) is 58.4 Å². The van der Waals surface area contributed by atoms with E-state index in [1.807, 2.05) is 18.2 Å². The Kier molecular flexibility index (Phi) is 6.18. The van der Waals surface area contributed by atoms with Crippen LogP contribution < -0.4 is 15.1 Å². The number of nitrogens with zero attached hydrogens (tertiary/aromatic N) is 5. The number of hydrogen-bond acceptors (Lipinski definition) is 7. The summed E-state index contributed by atoms with van der Waals surface area (Å²) in [5.41, 5.74) is 0.676. The van der Waals surface area contributed by atoms with Crippen LogP contribution in [0.25, 0.3) is 0 Å². The van der Waals surface area contributed by atoms with Crippen LogP contribution >= 0.6 is 0 Å². The van der Waals surface area contributed by atoms with E-state index in [2.05, 4.69) is 30.0 Å². The van der Waals surface area contributed by atoms with Crippen LogP contribution in [-0.4, -0.2) is 80.4 Å². The van der Waals surface area contributed by atoms with Gasteiger partial charge in [-0.15, -0.1) is 0 Å². The number of para-hydroxylation sites is 1. The lowest BCUT2D eigenvalue weighted by Gasteiger charge is -2.36. The third-order valence-electron chi connectivity index (χ3n) is 5.29. The molecule has 150 valence electrons. The molecule has 0 atom stereocenters. The highest BCUT2D eigenvalue weighted by Gasteiger charge is 2.20. The molecule has 2 fully saturated rings. The first-order valence-corrected chi connectivity index (χ1v) is 9.90. The standard InChI is InChI=1S/C20H27FN6O/c21-17-3-1-2-4-18(17)26-7-9-27(10-8-26)20-15-19(23-16-24-20)22-5-6-25-11-13-28-14-12-25/h1-4,15-16H,5-14H2,(H,22,23,24). The molecule has 2 saturated heterocycles. The molecule has 2 aromatic rings. The number of aromatic nitrogens is 2. The van der Waals surface area contributed by atoms with E-state index in [0.717, 1.165) is 77.2 Å². The number of anilines is 3. The van der Waals surface area contributed by atoms with Crippen molar-refractivity contribution in [3.05, 3.63) is 42.5 Å². The van der Waals surface area contributed by atoms with Crippen molar-refractivity contribution in [2.45, 2.75) is 0 Å². The molecule has 1 N–H and O–H groups in total. The van der Waals surface area contributed by atoms with Gasteiger partial charge in [0.2, 0.25) is 0 Å². The van der Waals surface area contributed by atoms with Crippen molar-refractivity contribution >= 4 is 17.3 Å². The minimum Gasteiger partial charge on any atom is -0.379 e. The van der Waals surface area contributed by atoms with Crippen molar-refractivity contribution in [3.63, 3.8) is 0 Å². The Bertz CT molecular complexity index is 762. The number of rotatable bonds is 6. The molecule has 0 amide bonds. The summed E-state index contributed by atoms with van der Waals surface area (Å²) in [7, 11) is 0. The second-order valence-corrected chi connectivity index (χ2v) is 7.07. The van der Waals surface area contributed by atoms with Crippen LogP contribution in [0.15, 0.2) is 36.7 Å². The first kappa shape index (κ1) is 18.9. The molecule has 1 aromatic heterocycles. The Balaban J connectivity index is 1.29. The van der Waals surface area contributed by atoms with Crippen molar-refractivity contribution < 1.29 is 9.13 Å². The monoisotopic (exact) mass is 386 g/mol. The third kappa shape index (κ3) is 4.69. The maximum atomic E-state index is 14.0. The number of morpholine rings is 1. The van der Waals surface area contributed by atoms with E-state index >= 15 is 0 Å². The van der Waals surface area contributed by atoms with Gasteiger partial charge in [0.25, 0.3) is 0 Å². The van der Waals surface area contributed by atoms with Crippen molar-refractivity contribution in [3.8, 4) is 0 Å². The molecule has 2 aliphatic rings. The van der Waals surface area contributed by atoms with Gasteiger partial charge in [-0.3, -0.25) is 4.90 Å². The van der Waals surface area contributed by atoms with E-state index in [1.165, 1.54) is 6.07 Å². The van der Waals surface area contributed by atoms with Crippen LogP contribution in [0.2, 0.25) is 0 Å². The van der Waals surface area contributed by atoms with Gasteiger partial charge in [-0.25, -0.2) is 14.4 Å². The fourth-order valence-electron chi connectivity index (χ4n) is 3.67. The topological polar surface area (TPSA) is 56.8 Å². The zero-order valence-corrected chi connectivity index (χ0v) is 16.1. The molecule has 1 aromatic carbocycles. The smallest absolute Gasteiger partial charge is 0.146 e. The van der Waals surface area contributed by atoms with Gasteiger partial charge in [-0.2, -0.15) is 0 Å². The van der Waals surface area contributed by atoms with E-state index < -0.39 is 0 Å². The van der Waals surface area contributed by atoms with Crippen molar-refractivity contribution in [1.29, 1.82) is 0 Å². The molecular weight excluding hydrogens is 359 g/mol. The summed E-state index contributed by atoms with van der Waals surface area (Å²) in [6.45, 7) is 8.58. The fourth-order valence-corrected chi connectivity index (χ4v) is 3.67. The maximum absolute atomic E-state index is 14.0. The second kappa shape index (κ2) is 9.16. The molecule has 4 rings (SSSR count). The summed E-state index contributed by atoms with van der Waals surface area (Å²) in [6, 6.07) is 8.96. The number of nitrogens with one attached hydrogen (secondary N) is 1. The molecular formula is C20H27FN6O. The van der Waals surface area contributed by atoms with E-state index in [4.69, 9.17) is 4.74 Å². The van der Waals surface area contributed by atoms with Gasteiger partial charge in [-0.05, 0) is 12.1 Å². The number of piperazine rings is 1. The molecule has 28 heavy (non-hydrogen) atoms. The molecule has 0 radical (unpaired) electrons. The lowest BCUT2D eigenvalue weighted by molar-refractivity contribution is 0.0398. The minimum absolute atomic E-state index is 0.162. The van der Waals surface area contributed by atoms with E-state index in [1.54, 1.807) is 12.4 Å². The molecule has 2 aliphatic heterocycles. The molecule has 0 bridgehead atoms. The molecule has 0 unspecified atom stereocenters. The average molecular weight is 386 g/mol. The van der Waals surface area contributed by atoms with Gasteiger partial charge in [-0.1, -0.05) is 12.1 Å². The summed E-state index contributed by atoms with van der Waals surface area (Å²) in [5, 5.41) is 3.39. The van der Waals surface area contributed by atoms with Crippen LogP contribution in [0.3, 0.4) is 0 Å². The summed E-state index contributed by atoms with van der Waals surface area (Å²) in [5.74, 6) is 1.59. The Hall–Kier alpha value is -2.45. The molecule has 0 aliphatic carbocycles. The SMILES string of the molecule is Fc1ccccc1N1CCN(c2cc(NCCN3CCOCC3)ncn2)CC1. The lowest BCUT2D eigenvalue weighted by atomic mass is 10.2. The van der Waals surface area contributed by atoms with E-state index in [-0.39, 0.29) is 5.82 Å². The Morgan fingerprint density at radius 3 is 2.50 bits per heavy atom. The predicted octanol–water partition coefficient (Wildman–Crippen LogP) is 1.69. The van der Waals surface area contributed by atoms with Crippen LogP contribution in [0.5, 0.6) is 0 Å². The summed E-state index contributed by atoms with van der Waals surface area (Å²) >= 11 is 0. The second-order valence-electron chi connectivity index (χ2n) is 7.07. The van der Waals surface area contributed by atoms with Gasteiger partial charge >= 0.3 is 0 Å². The van der Waals surface area contributed by atoms with Crippen molar-refractivity contribution in [1.82, 2.24) is 14.9 Å². The first-order valence-electron chi connectivity index (χ1n) is 9.90. The number of halogens is 1. The Morgan fingerprint density at radius 2 is 1.71 bits per heavy atom. The Morgan fingerprint density at radius 1 is 0.964 bits per heavy atom. The zero-order valence-electron chi connectivity index (χ0n) is 16.1. The van der Waals surface area contributed by atoms with Gasteiger partial charge < -0.3 is 19.9 Å². The molecule has 0 spiro atoms. The third-order valence-corrected chi connectivity index (χ3v) is 5.29. The number of benzene rings is 1. The highest BCUT2D eigenvalue weighted by molar-refractivity contribution is 5.52. The van der Waals surface area contributed by atoms with Crippen LogP contribution in [0, 0.1) is 5.82 Å². The van der Waals surface area contributed by atoms with Crippen molar-refractivity contribution in [2.75, 3.05) is 80.7 Å². The Labute approximate surface area is 165 Å². The lowest BCUT2D eigenvalue weighted by Crippen LogP contribution is -2.47. The van der Waals surface area contributed by atoms with Gasteiger partial charge in [0.15, 0.2) is 0 Å².